The molecule has 74 valence electrons. The molecular weight excluding hydrogens is 210 g/mol. The Balaban J connectivity index is -0.0000000733. The number of carbonyl (C=O) groups is 1. The van der Waals surface area contributed by atoms with Crippen LogP contribution in [0.1, 0.15) is 32.6 Å². The number of carboxylic acid groups (broad SMARTS) is 2. The van der Waals surface area contributed by atoms with Crippen LogP contribution < -0.4 is 69.3 Å². The molecule has 0 aromatic heterocycles. The largest absolute Gasteiger partial charge is 1.00 e. The molecule has 0 aliphatic rings. The second-order valence-electron chi connectivity index (χ2n) is 2.23. The zero-order valence-corrected chi connectivity index (χ0v) is 13.0. The Bertz CT molecular complexity index is 106. The van der Waals surface area contributed by atoms with E-state index in [1.807, 2.05) is 0 Å². The van der Waals surface area contributed by atoms with Crippen molar-refractivity contribution in [3.63, 3.8) is 0 Å². The van der Waals surface area contributed by atoms with Gasteiger partial charge in [-0.15, -0.1) is 0 Å². The van der Waals surface area contributed by atoms with E-state index in [0.29, 0.717) is 6.42 Å². The SMILES string of the molecule is CCCCCC(O)O.O=C([O-])[O-].[Na+].[Na+]. The molecule has 0 aliphatic carbocycles. The molecule has 0 aliphatic heterocycles. The van der Waals surface area contributed by atoms with Crippen LogP contribution >= 0.6 is 0 Å². The first-order valence-electron chi connectivity index (χ1n) is 3.74. The number of hydrogen-bond acceptors (Lipinski definition) is 5. The zero-order chi connectivity index (χ0) is 9.98. The molecule has 0 aromatic carbocycles. The summed E-state index contributed by atoms with van der Waals surface area (Å²) in [5.41, 5.74) is 0. The van der Waals surface area contributed by atoms with Crippen LogP contribution in [0, 0.1) is 0 Å². The van der Waals surface area contributed by atoms with Crippen molar-refractivity contribution < 1.29 is 84.3 Å². The number of rotatable bonds is 4. The van der Waals surface area contributed by atoms with Crippen LogP contribution in [0.4, 0.5) is 4.79 Å². The summed E-state index contributed by atoms with van der Waals surface area (Å²) in [6.45, 7) is 2.09. The zero-order valence-electron chi connectivity index (χ0n) is 9.02. The van der Waals surface area contributed by atoms with Gasteiger partial charge in [0.15, 0.2) is 6.29 Å². The molecule has 0 spiro atoms. The summed E-state index contributed by atoms with van der Waals surface area (Å²) in [6, 6.07) is 0. The Morgan fingerprint density at radius 3 is 1.79 bits per heavy atom. The van der Waals surface area contributed by atoms with E-state index < -0.39 is 12.4 Å². The number of aliphatic hydroxyl groups excluding tert-OH is 1. The molecule has 0 heterocycles. The van der Waals surface area contributed by atoms with Crippen molar-refractivity contribution >= 4 is 6.16 Å². The van der Waals surface area contributed by atoms with Crippen molar-refractivity contribution in [1.82, 2.24) is 0 Å². The van der Waals surface area contributed by atoms with E-state index in [1.165, 1.54) is 0 Å². The van der Waals surface area contributed by atoms with Gasteiger partial charge in [-0.1, -0.05) is 19.8 Å². The predicted molar refractivity (Wildman–Crippen MR) is 37.8 cm³/mol. The minimum absolute atomic E-state index is 0. The van der Waals surface area contributed by atoms with Gasteiger partial charge in [0, 0.05) is 0 Å². The van der Waals surface area contributed by atoms with E-state index in [9.17, 15) is 0 Å². The van der Waals surface area contributed by atoms with Crippen molar-refractivity contribution in [2.45, 2.75) is 38.9 Å². The van der Waals surface area contributed by atoms with E-state index in [-0.39, 0.29) is 59.1 Å². The molecule has 0 saturated carbocycles. The summed E-state index contributed by atoms with van der Waals surface area (Å²) >= 11 is 0. The van der Waals surface area contributed by atoms with Crippen LogP contribution in [0.5, 0.6) is 0 Å². The number of carbonyl (C=O) groups excluding carboxylic acids is 1. The fourth-order valence-corrected chi connectivity index (χ4v) is 0.577. The Labute approximate surface area is 128 Å². The summed E-state index contributed by atoms with van der Waals surface area (Å²) in [5.74, 6) is 0. The average Bonchev–Trinajstić information content (AvgIpc) is 1.86. The maximum absolute atomic E-state index is 8.33. The van der Waals surface area contributed by atoms with Gasteiger partial charge >= 0.3 is 59.1 Å². The molecule has 0 amide bonds. The van der Waals surface area contributed by atoms with Gasteiger partial charge in [0.05, 0.1) is 0 Å². The molecule has 0 fully saturated rings. The van der Waals surface area contributed by atoms with Crippen LogP contribution in [0.15, 0.2) is 0 Å². The predicted octanol–water partition coefficient (Wildman–Crippen LogP) is -7.56. The van der Waals surface area contributed by atoms with Crippen molar-refractivity contribution in [3.8, 4) is 0 Å². The third-order valence-electron chi connectivity index (χ3n) is 1.07. The van der Waals surface area contributed by atoms with Gasteiger partial charge < -0.3 is 25.2 Å². The van der Waals surface area contributed by atoms with Crippen LogP contribution in [-0.4, -0.2) is 22.7 Å². The maximum atomic E-state index is 8.33. The summed E-state index contributed by atoms with van der Waals surface area (Å²) in [6.07, 6.45) is 0.244. The molecule has 0 bridgehead atoms. The molecule has 0 atom stereocenters. The van der Waals surface area contributed by atoms with E-state index in [1.54, 1.807) is 0 Å². The molecule has 0 unspecified atom stereocenters. The molecule has 0 saturated heterocycles. The third kappa shape index (κ3) is 51.2. The van der Waals surface area contributed by atoms with Crippen LogP contribution in [0.3, 0.4) is 0 Å². The standard InChI is InChI=1S/C6H14O2.CH2O3.2Na/c1-2-3-4-5-6(7)8;2-1(3)4;;/h6-8H,2-5H2,1H3;(H2,2,3,4);;/q;;2*+1/p-2. The first kappa shape index (κ1) is 24.4. The fraction of sp³-hybridized carbons (Fsp3) is 0.857. The molecule has 0 aromatic rings. The number of hydrogen-bond donors (Lipinski definition) is 2. The molecule has 0 rings (SSSR count). The normalized spacial score (nSPS) is 7.71. The van der Waals surface area contributed by atoms with Gasteiger partial charge in [0.1, 0.15) is 0 Å². The smallest absolute Gasteiger partial charge is 0.652 e. The quantitative estimate of drug-likeness (QED) is 0.280. The summed E-state index contributed by atoms with van der Waals surface area (Å²) in [4.78, 5) is 8.33. The van der Waals surface area contributed by atoms with Crippen LogP contribution in [-0.2, 0) is 0 Å². The van der Waals surface area contributed by atoms with Gasteiger partial charge in [-0.25, -0.2) is 0 Å². The summed E-state index contributed by atoms with van der Waals surface area (Å²) in [7, 11) is 0. The number of unbranched alkanes of at least 4 members (excludes halogenated alkanes) is 2. The first-order chi connectivity index (χ1) is 5.50. The summed E-state index contributed by atoms with van der Waals surface area (Å²) in [5, 5.41) is 33.3. The van der Waals surface area contributed by atoms with Crippen LogP contribution in [0.25, 0.3) is 0 Å². The van der Waals surface area contributed by atoms with Crippen molar-refractivity contribution in [2.75, 3.05) is 0 Å². The second kappa shape index (κ2) is 19.7. The summed E-state index contributed by atoms with van der Waals surface area (Å²) < 4.78 is 0. The molecule has 0 radical (unpaired) electrons. The van der Waals surface area contributed by atoms with E-state index in [0.717, 1.165) is 19.3 Å². The Kier molecular flexibility index (Phi) is 34.4. The molecule has 7 heteroatoms. The monoisotopic (exact) mass is 224 g/mol. The first-order valence-corrected chi connectivity index (χ1v) is 3.74. The van der Waals surface area contributed by atoms with Gasteiger partial charge in [-0.05, 0) is 19.0 Å². The third-order valence-corrected chi connectivity index (χ3v) is 1.07. The van der Waals surface area contributed by atoms with E-state index >= 15 is 0 Å². The second-order valence-corrected chi connectivity index (χ2v) is 2.23. The van der Waals surface area contributed by atoms with E-state index in [4.69, 9.17) is 25.2 Å². The Morgan fingerprint density at radius 1 is 1.21 bits per heavy atom. The van der Waals surface area contributed by atoms with Crippen LogP contribution in [0.2, 0.25) is 0 Å². The minimum atomic E-state index is -2.33. The fourth-order valence-electron chi connectivity index (χ4n) is 0.577. The Morgan fingerprint density at radius 2 is 1.57 bits per heavy atom. The van der Waals surface area contributed by atoms with Gasteiger partial charge in [0.25, 0.3) is 0 Å². The van der Waals surface area contributed by atoms with Crippen molar-refractivity contribution in [2.24, 2.45) is 0 Å². The Hall–Kier alpha value is 1.19. The van der Waals surface area contributed by atoms with Gasteiger partial charge in [0.2, 0.25) is 0 Å². The molecule has 14 heavy (non-hydrogen) atoms. The topological polar surface area (TPSA) is 104 Å². The molecular formula is C7H14Na2O5. The van der Waals surface area contributed by atoms with Gasteiger partial charge in [-0.2, -0.15) is 0 Å². The van der Waals surface area contributed by atoms with Crippen molar-refractivity contribution in [1.29, 1.82) is 0 Å². The average molecular weight is 224 g/mol. The molecule has 5 nitrogen and oxygen atoms in total. The van der Waals surface area contributed by atoms with E-state index in [2.05, 4.69) is 6.92 Å². The molecule has 2 N–H and O–H groups in total. The number of aliphatic hydroxyl groups is 2. The van der Waals surface area contributed by atoms with Gasteiger partial charge in [-0.3, -0.25) is 0 Å². The van der Waals surface area contributed by atoms with Crippen molar-refractivity contribution in [3.05, 3.63) is 0 Å². The minimum Gasteiger partial charge on any atom is -0.652 e. The maximum Gasteiger partial charge on any atom is 1.00 e.